The molecule has 1 aliphatic rings. The normalized spacial score (nSPS) is 20.6. The fourth-order valence-corrected chi connectivity index (χ4v) is 4.41. The Balaban J connectivity index is 1.65. The lowest BCUT2D eigenvalue weighted by molar-refractivity contribution is 0.0235. The van der Waals surface area contributed by atoms with Gasteiger partial charge in [-0.05, 0) is 50.3 Å². The van der Waals surface area contributed by atoms with Crippen molar-refractivity contribution in [3.8, 4) is 0 Å². The van der Waals surface area contributed by atoms with E-state index in [-0.39, 0.29) is 24.0 Å². The minimum absolute atomic E-state index is 0.104. The number of hydrogen-bond donors (Lipinski definition) is 2. The van der Waals surface area contributed by atoms with Gasteiger partial charge in [0.2, 0.25) is 0 Å². The highest BCUT2D eigenvalue weighted by Gasteiger charge is 2.36. The minimum Gasteiger partial charge on any atom is -0.393 e. The van der Waals surface area contributed by atoms with Gasteiger partial charge in [0, 0.05) is 11.6 Å². The largest absolute Gasteiger partial charge is 0.393 e. The van der Waals surface area contributed by atoms with Gasteiger partial charge in [-0.25, -0.2) is 4.98 Å². The quantitative estimate of drug-likeness (QED) is 0.739. The Kier molecular flexibility index (Phi) is 4.46. The van der Waals surface area contributed by atoms with Crippen LogP contribution in [0.4, 0.5) is 0 Å². The smallest absolute Gasteiger partial charge is 0.263 e. The number of hydrogen-bond acceptors (Lipinski definition) is 5. The molecule has 1 amide bonds. The number of pyridine rings is 1. The van der Waals surface area contributed by atoms with Gasteiger partial charge in [-0.1, -0.05) is 18.2 Å². The lowest BCUT2D eigenvalue weighted by atomic mass is 9.75. The first-order valence-corrected chi connectivity index (χ1v) is 9.60. The molecule has 0 spiro atoms. The van der Waals surface area contributed by atoms with Crippen LogP contribution in [0.25, 0.3) is 10.9 Å². The van der Waals surface area contributed by atoms with Crippen molar-refractivity contribution in [2.24, 2.45) is 5.92 Å². The number of rotatable bonds is 4. The molecule has 0 saturated heterocycles. The highest BCUT2D eigenvalue weighted by atomic mass is 32.1. The van der Waals surface area contributed by atoms with Crippen LogP contribution in [0.3, 0.4) is 0 Å². The zero-order valence-corrected chi connectivity index (χ0v) is 15.6. The van der Waals surface area contributed by atoms with Gasteiger partial charge in [0.05, 0.1) is 28.4 Å². The predicted octanol–water partition coefficient (Wildman–Crippen LogP) is 3.55. The molecule has 6 heteroatoms. The van der Waals surface area contributed by atoms with E-state index in [9.17, 15) is 9.90 Å². The second kappa shape index (κ2) is 6.78. The molecule has 3 aromatic rings. The van der Waals surface area contributed by atoms with E-state index in [1.165, 1.54) is 11.3 Å². The summed E-state index contributed by atoms with van der Waals surface area (Å²) in [7, 11) is 0. The Morgan fingerprint density at radius 3 is 2.77 bits per heavy atom. The van der Waals surface area contributed by atoms with Gasteiger partial charge in [-0.2, -0.15) is 0 Å². The number of para-hydroxylation sites is 1. The van der Waals surface area contributed by atoms with E-state index in [4.69, 9.17) is 0 Å². The number of carbonyl (C=O) groups is 1. The molecule has 1 saturated carbocycles. The molecule has 4 rings (SSSR count). The average molecular weight is 367 g/mol. The summed E-state index contributed by atoms with van der Waals surface area (Å²) in [6.07, 6.45) is 2.94. The van der Waals surface area contributed by atoms with E-state index in [0.717, 1.165) is 27.2 Å². The van der Waals surface area contributed by atoms with Crippen molar-refractivity contribution in [1.29, 1.82) is 0 Å². The third-order valence-electron chi connectivity index (χ3n) is 4.99. The summed E-state index contributed by atoms with van der Waals surface area (Å²) in [6.45, 7) is 3.76. The Morgan fingerprint density at radius 1 is 1.31 bits per heavy atom. The van der Waals surface area contributed by atoms with Gasteiger partial charge in [0.1, 0.15) is 4.88 Å². The van der Waals surface area contributed by atoms with E-state index >= 15 is 0 Å². The van der Waals surface area contributed by atoms with Crippen molar-refractivity contribution in [3.63, 3.8) is 0 Å². The summed E-state index contributed by atoms with van der Waals surface area (Å²) < 4.78 is 0. The summed E-state index contributed by atoms with van der Waals surface area (Å²) in [5.41, 5.74) is 2.67. The summed E-state index contributed by atoms with van der Waals surface area (Å²) in [4.78, 5) is 22.4. The number of nitrogens with one attached hydrogen (secondary N) is 1. The highest BCUT2D eigenvalue weighted by Crippen LogP contribution is 2.38. The molecule has 0 aliphatic heterocycles. The lowest BCUT2D eigenvalue weighted by Gasteiger charge is -2.38. The number of aliphatic hydroxyl groups excluding tert-OH is 1. The first-order valence-electron chi connectivity index (χ1n) is 8.79. The van der Waals surface area contributed by atoms with Gasteiger partial charge in [-0.3, -0.25) is 9.78 Å². The molecule has 0 radical (unpaired) electrons. The molecule has 1 aromatic carbocycles. The van der Waals surface area contributed by atoms with Gasteiger partial charge in [0.25, 0.3) is 5.91 Å². The summed E-state index contributed by atoms with van der Waals surface area (Å²) >= 11 is 1.41. The third kappa shape index (κ3) is 3.22. The molecule has 0 unspecified atom stereocenters. The fraction of sp³-hybridized carbons (Fsp3) is 0.350. The number of carbonyl (C=O) groups excluding carboxylic acids is 1. The molecule has 1 fully saturated rings. The zero-order chi connectivity index (χ0) is 18.3. The molecule has 5 nitrogen and oxygen atoms in total. The monoisotopic (exact) mass is 367 g/mol. The van der Waals surface area contributed by atoms with Crippen molar-refractivity contribution in [2.45, 2.75) is 38.8 Å². The Labute approximate surface area is 156 Å². The van der Waals surface area contributed by atoms with Crippen molar-refractivity contribution in [1.82, 2.24) is 15.3 Å². The molecule has 1 aliphatic carbocycles. The van der Waals surface area contributed by atoms with Crippen molar-refractivity contribution >= 4 is 28.1 Å². The summed E-state index contributed by atoms with van der Waals surface area (Å²) in [6, 6.07) is 9.87. The van der Waals surface area contributed by atoms with Crippen molar-refractivity contribution in [3.05, 3.63) is 57.7 Å². The van der Waals surface area contributed by atoms with Crippen LogP contribution in [-0.4, -0.2) is 27.1 Å². The number of aromatic nitrogens is 2. The number of benzene rings is 1. The molecule has 26 heavy (non-hydrogen) atoms. The number of amides is 1. The maximum atomic E-state index is 12.8. The van der Waals surface area contributed by atoms with Crippen LogP contribution in [0.5, 0.6) is 0 Å². The topological polar surface area (TPSA) is 75.1 Å². The Bertz CT molecular complexity index is 963. The van der Waals surface area contributed by atoms with Crippen LogP contribution in [0.1, 0.15) is 44.8 Å². The van der Waals surface area contributed by atoms with Crippen LogP contribution in [0, 0.1) is 19.8 Å². The number of aliphatic hydroxyl groups is 1. The number of fused-ring (bicyclic) bond motifs is 1. The zero-order valence-electron chi connectivity index (χ0n) is 14.8. The fourth-order valence-electron chi connectivity index (χ4n) is 3.58. The number of thiazole rings is 1. The van der Waals surface area contributed by atoms with Gasteiger partial charge < -0.3 is 10.4 Å². The molecule has 2 aromatic heterocycles. The molecule has 1 atom stereocenters. The molecular formula is C20H21N3O2S. The third-order valence-corrected chi connectivity index (χ3v) is 6.06. The van der Waals surface area contributed by atoms with E-state index in [0.29, 0.717) is 17.7 Å². The maximum Gasteiger partial charge on any atom is 0.263 e. The van der Waals surface area contributed by atoms with Crippen LogP contribution in [-0.2, 0) is 0 Å². The standard InChI is InChI=1S/C20H21N3O2S/c1-11-19(26-12(2)22-11)20(25)23-18(14-8-16(24)9-14)15-7-13-5-3-4-6-17(13)21-10-15/h3-7,10,14,16,18,24H,8-9H2,1-2H3,(H,23,25)/t14?,16?,18-/m0/s1. The second-order valence-electron chi connectivity index (χ2n) is 6.95. The first-order chi connectivity index (χ1) is 12.5. The second-order valence-corrected chi connectivity index (χ2v) is 8.15. The van der Waals surface area contributed by atoms with E-state index in [1.54, 1.807) is 0 Å². The van der Waals surface area contributed by atoms with Crippen molar-refractivity contribution < 1.29 is 9.90 Å². The van der Waals surface area contributed by atoms with Crippen LogP contribution >= 0.6 is 11.3 Å². The summed E-state index contributed by atoms with van der Waals surface area (Å²) in [5.74, 6) is 0.110. The molecule has 2 heterocycles. The van der Waals surface area contributed by atoms with E-state index in [1.807, 2.05) is 44.3 Å². The van der Waals surface area contributed by atoms with Crippen LogP contribution < -0.4 is 5.32 Å². The highest BCUT2D eigenvalue weighted by molar-refractivity contribution is 7.13. The Hall–Kier alpha value is -2.31. The van der Waals surface area contributed by atoms with Gasteiger partial charge in [-0.15, -0.1) is 11.3 Å². The Morgan fingerprint density at radius 2 is 2.08 bits per heavy atom. The van der Waals surface area contributed by atoms with Crippen LogP contribution in [0.15, 0.2) is 36.5 Å². The van der Waals surface area contributed by atoms with E-state index in [2.05, 4.69) is 21.4 Å². The SMILES string of the molecule is Cc1nc(C)c(C(=O)N[C@H](c2cnc3ccccc3c2)C2CC(O)C2)s1. The predicted molar refractivity (Wildman–Crippen MR) is 102 cm³/mol. The van der Waals surface area contributed by atoms with Crippen LogP contribution in [0.2, 0.25) is 0 Å². The number of aryl methyl sites for hydroxylation is 2. The van der Waals surface area contributed by atoms with Crippen molar-refractivity contribution in [2.75, 3.05) is 0 Å². The summed E-state index contributed by atoms with van der Waals surface area (Å²) in [5, 5.41) is 14.9. The molecule has 134 valence electrons. The molecule has 0 bridgehead atoms. The van der Waals surface area contributed by atoms with Gasteiger partial charge in [0.15, 0.2) is 0 Å². The minimum atomic E-state index is -0.278. The van der Waals surface area contributed by atoms with Gasteiger partial charge >= 0.3 is 0 Å². The maximum absolute atomic E-state index is 12.8. The molecular weight excluding hydrogens is 346 g/mol. The average Bonchev–Trinajstić information content (AvgIpc) is 2.95. The van der Waals surface area contributed by atoms with E-state index < -0.39 is 0 Å². The first kappa shape index (κ1) is 17.1. The molecule has 2 N–H and O–H groups in total. The lowest BCUT2D eigenvalue weighted by Crippen LogP contribution is -2.41. The number of nitrogens with zero attached hydrogens (tertiary/aromatic N) is 2.